The molecule has 0 spiro atoms. The standard InChI is InChI=1S/C21H37N5/c1-6-22-21(24-18(4)17(2)3)23-15-19-7-9-20(10-8-19)16-26-13-11-25(5)12-14-26/h7-10,17-18H,6,11-16H2,1-5H3,(H2,22,23,24). The van der Waals surface area contributed by atoms with Gasteiger partial charge in [0.2, 0.25) is 0 Å². The lowest BCUT2D eigenvalue weighted by Crippen LogP contribution is -2.44. The lowest BCUT2D eigenvalue weighted by Gasteiger charge is -2.32. The molecular weight excluding hydrogens is 322 g/mol. The summed E-state index contributed by atoms with van der Waals surface area (Å²) < 4.78 is 0. The number of hydrogen-bond acceptors (Lipinski definition) is 3. The molecule has 1 atom stereocenters. The van der Waals surface area contributed by atoms with Crippen LogP contribution in [-0.2, 0) is 13.1 Å². The summed E-state index contributed by atoms with van der Waals surface area (Å²) in [6.07, 6.45) is 0. The van der Waals surface area contributed by atoms with Gasteiger partial charge in [-0.05, 0) is 37.9 Å². The highest BCUT2D eigenvalue weighted by Gasteiger charge is 2.13. The van der Waals surface area contributed by atoms with Crippen molar-refractivity contribution in [3.63, 3.8) is 0 Å². The fourth-order valence-corrected chi connectivity index (χ4v) is 2.89. The maximum Gasteiger partial charge on any atom is 0.191 e. The van der Waals surface area contributed by atoms with Gasteiger partial charge < -0.3 is 15.5 Å². The van der Waals surface area contributed by atoms with Crippen molar-refractivity contribution >= 4 is 5.96 Å². The summed E-state index contributed by atoms with van der Waals surface area (Å²) in [7, 11) is 2.20. The van der Waals surface area contributed by atoms with Crippen molar-refractivity contribution in [2.75, 3.05) is 39.8 Å². The van der Waals surface area contributed by atoms with E-state index in [1.165, 1.54) is 24.2 Å². The zero-order chi connectivity index (χ0) is 18.9. The monoisotopic (exact) mass is 359 g/mol. The van der Waals surface area contributed by atoms with Gasteiger partial charge in [-0.3, -0.25) is 4.90 Å². The fourth-order valence-electron chi connectivity index (χ4n) is 2.89. The first-order chi connectivity index (χ1) is 12.5. The van der Waals surface area contributed by atoms with E-state index in [0.717, 1.165) is 32.1 Å². The van der Waals surface area contributed by atoms with Crippen LogP contribution in [0.4, 0.5) is 0 Å². The Hall–Kier alpha value is -1.59. The molecule has 1 unspecified atom stereocenters. The van der Waals surface area contributed by atoms with E-state index in [1.807, 2.05) is 0 Å². The molecule has 0 radical (unpaired) electrons. The van der Waals surface area contributed by atoms with Crippen LogP contribution in [0.1, 0.15) is 38.8 Å². The first kappa shape index (κ1) is 20.7. The second kappa shape index (κ2) is 10.5. The van der Waals surface area contributed by atoms with E-state index in [1.54, 1.807) is 0 Å². The highest BCUT2D eigenvalue weighted by atomic mass is 15.2. The maximum absolute atomic E-state index is 4.74. The summed E-state index contributed by atoms with van der Waals surface area (Å²) >= 11 is 0. The quantitative estimate of drug-likeness (QED) is 0.580. The molecular formula is C21H37N5. The third kappa shape index (κ3) is 6.96. The molecule has 1 aromatic rings. The predicted octanol–water partition coefficient (Wildman–Crippen LogP) is 2.53. The molecule has 5 heteroatoms. The topological polar surface area (TPSA) is 42.9 Å². The molecule has 146 valence electrons. The second-order valence-corrected chi connectivity index (χ2v) is 7.77. The van der Waals surface area contributed by atoms with E-state index >= 15 is 0 Å². The van der Waals surface area contributed by atoms with E-state index in [0.29, 0.717) is 18.5 Å². The van der Waals surface area contributed by atoms with Gasteiger partial charge in [-0.25, -0.2) is 4.99 Å². The van der Waals surface area contributed by atoms with Crippen molar-refractivity contribution in [1.82, 2.24) is 20.4 Å². The molecule has 0 saturated carbocycles. The summed E-state index contributed by atoms with van der Waals surface area (Å²) in [5, 5.41) is 6.82. The lowest BCUT2D eigenvalue weighted by molar-refractivity contribution is 0.148. The van der Waals surface area contributed by atoms with Crippen LogP contribution < -0.4 is 10.6 Å². The normalized spacial score (nSPS) is 18.2. The van der Waals surface area contributed by atoms with E-state index in [-0.39, 0.29) is 0 Å². The van der Waals surface area contributed by atoms with E-state index in [2.05, 4.69) is 79.4 Å². The molecule has 2 N–H and O–H groups in total. The van der Waals surface area contributed by atoms with Gasteiger partial charge in [0.15, 0.2) is 5.96 Å². The Morgan fingerprint density at radius 3 is 2.23 bits per heavy atom. The third-order valence-electron chi connectivity index (χ3n) is 5.15. The van der Waals surface area contributed by atoms with Crippen LogP contribution in [0.25, 0.3) is 0 Å². The third-order valence-corrected chi connectivity index (χ3v) is 5.15. The molecule has 0 aromatic heterocycles. The number of piperazine rings is 1. The van der Waals surface area contributed by atoms with Crippen LogP contribution in [0.3, 0.4) is 0 Å². The van der Waals surface area contributed by atoms with Crippen LogP contribution in [-0.4, -0.2) is 61.6 Å². The Balaban J connectivity index is 1.88. The summed E-state index contributed by atoms with van der Waals surface area (Å²) in [6, 6.07) is 9.33. The van der Waals surface area contributed by atoms with Gasteiger partial charge in [0.1, 0.15) is 0 Å². The molecule has 1 aliphatic heterocycles. The molecule has 1 aromatic carbocycles. The average Bonchev–Trinajstić information content (AvgIpc) is 2.63. The van der Waals surface area contributed by atoms with E-state index in [4.69, 9.17) is 4.99 Å². The summed E-state index contributed by atoms with van der Waals surface area (Å²) in [5.74, 6) is 1.47. The Bertz CT molecular complexity index is 544. The van der Waals surface area contributed by atoms with Crippen molar-refractivity contribution in [2.24, 2.45) is 10.9 Å². The summed E-state index contributed by atoms with van der Waals surface area (Å²) in [6.45, 7) is 16.0. The van der Waals surface area contributed by atoms with Crippen LogP contribution >= 0.6 is 0 Å². The molecule has 0 amide bonds. The molecule has 1 heterocycles. The van der Waals surface area contributed by atoms with Crippen molar-refractivity contribution in [3.05, 3.63) is 35.4 Å². The lowest BCUT2D eigenvalue weighted by atomic mass is 10.1. The number of guanidine groups is 1. The van der Waals surface area contributed by atoms with Gasteiger partial charge in [0, 0.05) is 45.3 Å². The van der Waals surface area contributed by atoms with Gasteiger partial charge in [0.25, 0.3) is 0 Å². The number of nitrogens with zero attached hydrogens (tertiary/aromatic N) is 3. The molecule has 2 rings (SSSR count). The Kier molecular flexibility index (Phi) is 8.39. The molecule has 0 bridgehead atoms. The van der Waals surface area contributed by atoms with Crippen molar-refractivity contribution in [3.8, 4) is 0 Å². The van der Waals surface area contributed by atoms with E-state index in [9.17, 15) is 0 Å². The first-order valence-corrected chi connectivity index (χ1v) is 10.0. The van der Waals surface area contributed by atoms with Crippen molar-refractivity contribution in [1.29, 1.82) is 0 Å². The number of benzene rings is 1. The average molecular weight is 360 g/mol. The van der Waals surface area contributed by atoms with Crippen LogP contribution in [0.15, 0.2) is 29.3 Å². The largest absolute Gasteiger partial charge is 0.357 e. The molecule has 1 aliphatic rings. The Labute approximate surface area is 159 Å². The van der Waals surface area contributed by atoms with Gasteiger partial charge in [-0.1, -0.05) is 38.1 Å². The van der Waals surface area contributed by atoms with Gasteiger partial charge >= 0.3 is 0 Å². The Morgan fingerprint density at radius 1 is 1.04 bits per heavy atom. The second-order valence-electron chi connectivity index (χ2n) is 7.77. The number of hydrogen-bond donors (Lipinski definition) is 2. The summed E-state index contributed by atoms with van der Waals surface area (Å²) in [4.78, 5) is 9.67. The van der Waals surface area contributed by atoms with Crippen LogP contribution in [0.5, 0.6) is 0 Å². The number of rotatable bonds is 7. The minimum absolute atomic E-state index is 0.402. The van der Waals surface area contributed by atoms with Crippen molar-refractivity contribution < 1.29 is 0 Å². The molecule has 0 aliphatic carbocycles. The van der Waals surface area contributed by atoms with Crippen LogP contribution in [0.2, 0.25) is 0 Å². The molecule has 5 nitrogen and oxygen atoms in total. The molecule has 1 fully saturated rings. The number of likely N-dealkylation sites (N-methyl/N-ethyl adjacent to an activating group) is 1. The van der Waals surface area contributed by atoms with E-state index < -0.39 is 0 Å². The van der Waals surface area contributed by atoms with Gasteiger partial charge in [-0.15, -0.1) is 0 Å². The van der Waals surface area contributed by atoms with Crippen molar-refractivity contribution in [2.45, 2.75) is 46.8 Å². The predicted molar refractivity (Wildman–Crippen MR) is 111 cm³/mol. The summed E-state index contributed by atoms with van der Waals surface area (Å²) in [5.41, 5.74) is 2.64. The minimum atomic E-state index is 0.402. The zero-order valence-electron chi connectivity index (χ0n) is 17.3. The smallest absolute Gasteiger partial charge is 0.191 e. The van der Waals surface area contributed by atoms with Crippen LogP contribution in [0, 0.1) is 5.92 Å². The van der Waals surface area contributed by atoms with Gasteiger partial charge in [-0.2, -0.15) is 0 Å². The maximum atomic E-state index is 4.74. The molecule has 1 saturated heterocycles. The SMILES string of the molecule is CCNC(=NCc1ccc(CN2CCN(C)CC2)cc1)NC(C)C(C)C. The minimum Gasteiger partial charge on any atom is -0.357 e. The number of nitrogens with one attached hydrogen (secondary N) is 2. The fraction of sp³-hybridized carbons (Fsp3) is 0.667. The van der Waals surface area contributed by atoms with Gasteiger partial charge in [0.05, 0.1) is 6.54 Å². The Morgan fingerprint density at radius 2 is 1.65 bits per heavy atom. The molecule has 26 heavy (non-hydrogen) atoms. The highest BCUT2D eigenvalue weighted by Crippen LogP contribution is 2.10. The highest BCUT2D eigenvalue weighted by molar-refractivity contribution is 5.80. The first-order valence-electron chi connectivity index (χ1n) is 10.0. The number of aliphatic imine (C=N–C) groups is 1. The zero-order valence-corrected chi connectivity index (χ0v) is 17.3.